The molecule has 4 aromatic rings. The molecule has 1 saturated carbocycles. The predicted octanol–water partition coefficient (Wildman–Crippen LogP) is 1.48. The van der Waals surface area contributed by atoms with E-state index in [0.717, 1.165) is 35.3 Å². The van der Waals surface area contributed by atoms with Crippen LogP contribution in [0.3, 0.4) is 0 Å². The Labute approximate surface area is 344 Å². The second-order valence-corrected chi connectivity index (χ2v) is 15.6. The van der Waals surface area contributed by atoms with Gasteiger partial charge in [0.25, 0.3) is 5.91 Å². The van der Waals surface area contributed by atoms with Gasteiger partial charge in [0.15, 0.2) is 17.6 Å². The normalized spacial score (nSPS) is 28.8. The molecule has 3 aromatic carbocycles. The molecule has 0 spiro atoms. The average molecular weight is 829 g/mol. The van der Waals surface area contributed by atoms with Crippen molar-refractivity contribution in [3.63, 3.8) is 0 Å². The number of aryl methyl sites for hydroxylation is 1. The van der Waals surface area contributed by atoms with Crippen molar-refractivity contribution in [3.8, 4) is 17.2 Å². The number of hydrogen-bond acceptors (Lipinski definition) is 14. The number of aliphatic hydroxyl groups is 5. The number of nitrogens with two attached hydrogens (primary N) is 1. The Hall–Kier alpha value is -5.66. The van der Waals surface area contributed by atoms with E-state index in [2.05, 4.69) is 9.97 Å². The van der Waals surface area contributed by atoms with Gasteiger partial charge in [-0.3, -0.25) is 9.69 Å². The fraction of sp³-hybridized carbons (Fsp3) is 0.395. The summed E-state index contributed by atoms with van der Waals surface area (Å²) < 4.78 is 10.8. The molecular formula is C43H48N4O13. The molecule has 318 valence electrons. The Morgan fingerprint density at radius 2 is 1.82 bits per heavy atom. The maximum absolute atomic E-state index is 14.5. The van der Waals surface area contributed by atoms with Gasteiger partial charge in [-0.15, -0.1) is 0 Å². The number of phenolic OH excluding ortho intramolecular Hbond substituents is 2. The Morgan fingerprint density at radius 1 is 1.05 bits per heavy atom. The first-order valence-corrected chi connectivity index (χ1v) is 19.6. The van der Waals surface area contributed by atoms with Crippen molar-refractivity contribution in [3.05, 3.63) is 107 Å². The number of aromatic nitrogens is 2. The van der Waals surface area contributed by atoms with E-state index in [1.807, 2.05) is 30.3 Å². The van der Waals surface area contributed by atoms with E-state index in [4.69, 9.17) is 15.2 Å². The fourth-order valence-corrected chi connectivity index (χ4v) is 8.98. The number of aldehydes is 1. The molecule has 7 rings (SSSR count). The van der Waals surface area contributed by atoms with Crippen molar-refractivity contribution in [2.75, 3.05) is 11.5 Å². The first-order chi connectivity index (χ1) is 28.7. The van der Waals surface area contributed by atoms with E-state index in [-0.39, 0.29) is 42.3 Å². The van der Waals surface area contributed by atoms with Gasteiger partial charge in [0.05, 0.1) is 24.3 Å². The van der Waals surface area contributed by atoms with Crippen LogP contribution in [0.2, 0.25) is 0 Å². The van der Waals surface area contributed by atoms with E-state index in [0.29, 0.717) is 41.8 Å². The molecule has 1 amide bonds. The Bertz CT molecular complexity index is 2250. The number of carbonyl (C=O) groups excluding carboxylic acids is 2. The van der Waals surface area contributed by atoms with Gasteiger partial charge in [0.2, 0.25) is 0 Å². The number of rotatable bonds is 14. The lowest BCUT2D eigenvalue weighted by Gasteiger charge is -2.44. The summed E-state index contributed by atoms with van der Waals surface area (Å²) in [5.74, 6) is -7.50. The largest absolute Gasteiger partial charge is 0.508 e. The molecule has 17 heteroatoms. The first kappa shape index (κ1) is 42.5. The number of fused-ring (bicyclic) bond motifs is 1. The third-order valence-electron chi connectivity index (χ3n) is 12.1. The number of hydrogen-bond donors (Lipinski definition) is 10. The molecular weight excluding hydrogens is 780 g/mol. The SMILES string of the molecule is N[C@H]1CCC[C@]1(C[C@@H]1c2cc(O)c(O[C@]3(O)O[C@H](CO)[C@@H](O)[C@H](O)[C@H]3O)cc2N(C(=O)/C=C/c2ccc(O)c(Cc3[nH]cnc3CCC=O)c2)[C@H]1C(=O)O)c1ccccc1. The Kier molecular flexibility index (Phi) is 12.1. The van der Waals surface area contributed by atoms with Crippen LogP contribution < -0.4 is 15.4 Å². The van der Waals surface area contributed by atoms with Crippen molar-refractivity contribution < 1.29 is 64.7 Å². The highest BCUT2D eigenvalue weighted by Crippen LogP contribution is 2.54. The molecule has 2 fully saturated rings. The summed E-state index contributed by atoms with van der Waals surface area (Å²) in [7, 11) is 0. The van der Waals surface area contributed by atoms with Crippen LogP contribution in [0.4, 0.5) is 5.69 Å². The van der Waals surface area contributed by atoms with Gasteiger partial charge >= 0.3 is 11.9 Å². The number of amides is 1. The van der Waals surface area contributed by atoms with Gasteiger partial charge in [-0.05, 0) is 66.6 Å². The number of aliphatic carboxylic acids is 1. The highest BCUT2D eigenvalue weighted by molar-refractivity contribution is 6.10. The zero-order chi connectivity index (χ0) is 42.9. The molecule has 9 atom stereocenters. The van der Waals surface area contributed by atoms with Crippen LogP contribution in [0.25, 0.3) is 6.08 Å². The van der Waals surface area contributed by atoms with E-state index in [1.165, 1.54) is 24.5 Å². The van der Waals surface area contributed by atoms with Gasteiger partial charge in [-0.25, -0.2) is 9.78 Å². The van der Waals surface area contributed by atoms with Crippen LogP contribution in [-0.4, -0.2) is 118 Å². The summed E-state index contributed by atoms with van der Waals surface area (Å²) in [6, 6.07) is 14.5. The third-order valence-corrected chi connectivity index (χ3v) is 12.1. The number of anilines is 1. The Balaban J connectivity index is 1.28. The minimum Gasteiger partial charge on any atom is -0.508 e. The molecule has 1 aromatic heterocycles. The predicted molar refractivity (Wildman–Crippen MR) is 213 cm³/mol. The summed E-state index contributed by atoms with van der Waals surface area (Å²) in [4.78, 5) is 47.2. The molecule has 3 aliphatic rings. The summed E-state index contributed by atoms with van der Waals surface area (Å²) in [5, 5.41) is 85.4. The van der Waals surface area contributed by atoms with Crippen LogP contribution in [0.5, 0.6) is 17.2 Å². The quantitative estimate of drug-likeness (QED) is 0.0489. The lowest BCUT2D eigenvalue weighted by Crippen LogP contribution is -2.67. The lowest BCUT2D eigenvalue weighted by molar-refractivity contribution is -0.422. The number of imidazole rings is 1. The number of carboxylic acid groups (broad SMARTS) is 1. The van der Waals surface area contributed by atoms with Crippen LogP contribution in [-0.2, 0) is 37.4 Å². The lowest BCUT2D eigenvalue weighted by atomic mass is 9.68. The smallest absolute Gasteiger partial charge is 0.355 e. The molecule has 0 unspecified atom stereocenters. The molecule has 17 nitrogen and oxygen atoms in total. The number of nitrogens with zero attached hydrogens (tertiary/aromatic N) is 2. The van der Waals surface area contributed by atoms with Gasteiger partial charge in [0.1, 0.15) is 36.4 Å². The number of carboxylic acids is 1. The van der Waals surface area contributed by atoms with Crippen LogP contribution in [0, 0.1) is 0 Å². The van der Waals surface area contributed by atoms with Gasteiger partial charge < -0.3 is 65.8 Å². The number of ether oxygens (including phenoxy) is 2. The second-order valence-electron chi connectivity index (χ2n) is 15.6. The summed E-state index contributed by atoms with van der Waals surface area (Å²) in [5.41, 5.74) is 9.56. The minimum absolute atomic E-state index is 0.0219. The average Bonchev–Trinajstić information content (AvgIpc) is 3.93. The number of benzene rings is 3. The number of aromatic hydroxyl groups is 2. The molecule has 3 heterocycles. The number of nitrogens with one attached hydrogen (secondary N) is 1. The number of aliphatic hydroxyl groups excluding tert-OH is 4. The monoisotopic (exact) mass is 828 g/mol. The first-order valence-electron chi connectivity index (χ1n) is 19.6. The minimum atomic E-state index is -3.13. The van der Waals surface area contributed by atoms with Crippen molar-refractivity contribution in [2.24, 2.45) is 5.73 Å². The number of aromatic amines is 1. The standard InChI is InChI=1S/C43H48N4O13/c44-35-9-4-14-42(35,25-6-2-1-3-7-25)20-27-26-18-32(51)33(59-43(58)40(55)39(54)38(53)34(21-49)60-43)19-30(26)47(37(27)41(56)57)36(52)13-11-23-10-12-31(50)24(16-23)17-29-28(8-5-15-48)45-22-46-29/h1-3,6-7,10-13,15-16,18-19,22,27,34-35,37-40,49-51,53-55,58H,4-5,8-9,14,17,20-21,44H2,(H,45,46)(H,56,57)/b13-11+/t27-,34-,35+,37-,38-,39+,40-,42+,43+/m1/s1. The second kappa shape index (κ2) is 17.1. The van der Waals surface area contributed by atoms with E-state index in [1.54, 1.807) is 12.1 Å². The fourth-order valence-electron chi connectivity index (χ4n) is 8.98. The number of phenols is 2. The van der Waals surface area contributed by atoms with E-state index < -0.39 is 77.7 Å². The maximum atomic E-state index is 14.5. The van der Waals surface area contributed by atoms with Gasteiger partial charge in [-0.2, -0.15) is 0 Å². The molecule has 2 aliphatic heterocycles. The van der Waals surface area contributed by atoms with Crippen molar-refractivity contribution in [2.45, 2.75) is 98.8 Å². The molecule has 60 heavy (non-hydrogen) atoms. The van der Waals surface area contributed by atoms with Gasteiger partial charge in [-0.1, -0.05) is 42.8 Å². The molecule has 1 saturated heterocycles. The Morgan fingerprint density at radius 3 is 2.50 bits per heavy atom. The topological polar surface area (TPSA) is 289 Å². The highest BCUT2D eigenvalue weighted by atomic mass is 16.8. The van der Waals surface area contributed by atoms with Crippen LogP contribution in [0.15, 0.2) is 73.1 Å². The van der Waals surface area contributed by atoms with E-state index in [9.17, 15) is 55.2 Å². The van der Waals surface area contributed by atoms with Crippen molar-refractivity contribution >= 4 is 29.9 Å². The van der Waals surface area contributed by atoms with Crippen LogP contribution >= 0.6 is 0 Å². The van der Waals surface area contributed by atoms with E-state index >= 15 is 0 Å². The van der Waals surface area contributed by atoms with Crippen LogP contribution in [0.1, 0.15) is 71.7 Å². The molecule has 0 bridgehead atoms. The maximum Gasteiger partial charge on any atom is 0.355 e. The number of H-pyrrole nitrogens is 1. The van der Waals surface area contributed by atoms with Gasteiger partial charge in [0, 0.05) is 53.6 Å². The zero-order valence-electron chi connectivity index (χ0n) is 32.4. The van der Waals surface area contributed by atoms with Crippen molar-refractivity contribution in [1.82, 2.24) is 9.97 Å². The third kappa shape index (κ3) is 7.88. The summed E-state index contributed by atoms with van der Waals surface area (Å²) in [6.45, 7) is -0.900. The van der Waals surface area contributed by atoms with Crippen molar-refractivity contribution in [1.29, 1.82) is 0 Å². The molecule has 0 radical (unpaired) electrons. The zero-order valence-corrected chi connectivity index (χ0v) is 32.4. The number of carbonyl (C=O) groups is 3. The summed E-state index contributed by atoms with van der Waals surface area (Å²) in [6.07, 6.45) is 0.212. The molecule has 11 N–H and O–H groups in total. The molecule has 1 aliphatic carbocycles. The summed E-state index contributed by atoms with van der Waals surface area (Å²) >= 11 is 0. The highest BCUT2D eigenvalue weighted by Gasteiger charge is 2.56.